The summed E-state index contributed by atoms with van der Waals surface area (Å²) in [6.45, 7) is 4.87. The van der Waals surface area contributed by atoms with E-state index in [0.29, 0.717) is 36.7 Å². The van der Waals surface area contributed by atoms with Crippen molar-refractivity contribution >= 4 is 11.9 Å². The molecule has 0 radical (unpaired) electrons. The van der Waals surface area contributed by atoms with Crippen LogP contribution in [0.15, 0.2) is 6.07 Å². The van der Waals surface area contributed by atoms with Crippen molar-refractivity contribution in [1.29, 1.82) is 0 Å². The van der Waals surface area contributed by atoms with Crippen LogP contribution in [0.1, 0.15) is 46.8 Å². The summed E-state index contributed by atoms with van der Waals surface area (Å²) in [5.74, 6) is -0.446. The molecule has 0 aromatic carbocycles. The molecule has 1 amide bonds. The fourth-order valence-corrected chi connectivity index (χ4v) is 1.90. The molecule has 0 bridgehead atoms. The maximum Gasteiger partial charge on any atom is 0.358 e. The Kier molecular flexibility index (Phi) is 4.09. The monoisotopic (exact) mass is 263 g/mol. The largest absolute Gasteiger partial charge is 0.461 e. The van der Waals surface area contributed by atoms with E-state index in [1.807, 2.05) is 13.8 Å². The SMILES string of the molecule is CCCOC(=O)c1cc2c(nn1)CC(C)CNC2=O. The van der Waals surface area contributed by atoms with E-state index in [4.69, 9.17) is 4.74 Å². The normalized spacial score (nSPS) is 18.2. The van der Waals surface area contributed by atoms with E-state index < -0.39 is 5.97 Å². The highest BCUT2D eigenvalue weighted by Gasteiger charge is 2.23. The first kappa shape index (κ1) is 13.5. The third-order valence-electron chi connectivity index (χ3n) is 2.91. The van der Waals surface area contributed by atoms with E-state index in [0.717, 1.165) is 6.42 Å². The fraction of sp³-hybridized carbons (Fsp3) is 0.538. The van der Waals surface area contributed by atoms with Gasteiger partial charge in [-0.15, -0.1) is 5.10 Å². The number of rotatable bonds is 3. The summed E-state index contributed by atoms with van der Waals surface area (Å²) in [5.41, 5.74) is 1.13. The smallest absolute Gasteiger partial charge is 0.358 e. The molecule has 1 aliphatic heterocycles. The van der Waals surface area contributed by atoms with Crippen molar-refractivity contribution in [2.75, 3.05) is 13.2 Å². The minimum absolute atomic E-state index is 0.0805. The highest BCUT2D eigenvalue weighted by molar-refractivity contribution is 5.98. The Morgan fingerprint density at radius 2 is 2.32 bits per heavy atom. The van der Waals surface area contributed by atoms with Crippen LogP contribution >= 0.6 is 0 Å². The molecule has 0 aliphatic carbocycles. The van der Waals surface area contributed by atoms with Crippen LogP contribution in [0.5, 0.6) is 0 Å². The first-order valence-electron chi connectivity index (χ1n) is 6.43. The number of nitrogens with zero attached hydrogens (tertiary/aromatic N) is 2. The van der Waals surface area contributed by atoms with Crippen molar-refractivity contribution in [2.45, 2.75) is 26.7 Å². The Labute approximate surface area is 111 Å². The Hall–Kier alpha value is -1.98. The van der Waals surface area contributed by atoms with E-state index in [1.165, 1.54) is 6.07 Å². The lowest BCUT2D eigenvalue weighted by molar-refractivity contribution is 0.0496. The molecule has 19 heavy (non-hydrogen) atoms. The summed E-state index contributed by atoms with van der Waals surface area (Å²) in [7, 11) is 0. The topological polar surface area (TPSA) is 81.2 Å². The summed E-state index contributed by atoms with van der Waals surface area (Å²) in [5, 5.41) is 10.6. The van der Waals surface area contributed by atoms with E-state index in [9.17, 15) is 9.59 Å². The molecule has 0 saturated heterocycles. The van der Waals surface area contributed by atoms with Gasteiger partial charge in [0.2, 0.25) is 0 Å². The zero-order valence-electron chi connectivity index (χ0n) is 11.1. The van der Waals surface area contributed by atoms with Crippen LogP contribution in [-0.2, 0) is 11.2 Å². The van der Waals surface area contributed by atoms with Crippen molar-refractivity contribution in [3.63, 3.8) is 0 Å². The molecule has 2 heterocycles. The summed E-state index contributed by atoms with van der Waals surface area (Å²) in [6.07, 6.45) is 1.41. The first-order chi connectivity index (χ1) is 9.11. The number of ether oxygens (including phenoxy) is 1. The van der Waals surface area contributed by atoms with E-state index in [1.54, 1.807) is 0 Å². The summed E-state index contributed by atoms with van der Waals surface area (Å²) >= 11 is 0. The van der Waals surface area contributed by atoms with Gasteiger partial charge in [-0.1, -0.05) is 13.8 Å². The van der Waals surface area contributed by atoms with Crippen LogP contribution in [0.4, 0.5) is 0 Å². The molecule has 6 heteroatoms. The first-order valence-corrected chi connectivity index (χ1v) is 6.43. The van der Waals surface area contributed by atoms with Crippen LogP contribution in [-0.4, -0.2) is 35.2 Å². The predicted octanol–water partition coefficient (Wildman–Crippen LogP) is 0.965. The standard InChI is InChI=1S/C13H17N3O3/c1-3-4-19-13(18)11-6-9-10(15-16-11)5-8(2)7-14-12(9)17/h6,8H,3-5,7H2,1-2H3,(H,14,17). The van der Waals surface area contributed by atoms with E-state index >= 15 is 0 Å². The Bertz CT molecular complexity index is 502. The van der Waals surface area contributed by atoms with E-state index in [2.05, 4.69) is 15.5 Å². The second-order valence-corrected chi connectivity index (χ2v) is 4.75. The summed E-state index contributed by atoms with van der Waals surface area (Å²) in [4.78, 5) is 23.6. The maximum absolute atomic E-state index is 11.9. The van der Waals surface area contributed by atoms with Gasteiger partial charge in [0, 0.05) is 6.54 Å². The van der Waals surface area contributed by atoms with Gasteiger partial charge < -0.3 is 10.1 Å². The molecule has 1 atom stereocenters. The highest BCUT2D eigenvalue weighted by atomic mass is 16.5. The molecule has 1 N–H and O–H groups in total. The predicted molar refractivity (Wildman–Crippen MR) is 67.8 cm³/mol. The average Bonchev–Trinajstić information content (AvgIpc) is 2.55. The highest BCUT2D eigenvalue weighted by Crippen LogP contribution is 2.15. The Balaban J connectivity index is 2.27. The fourth-order valence-electron chi connectivity index (χ4n) is 1.90. The number of carbonyl (C=O) groups excluding carboxylic acids is 2. The van der Waals surface area contributed by atoms with Crippen LogP contribution in [0.25, 0.3) is 0 Å². The van der Waals surface area contributed by atoms with Gasteiger partial charge in [-0.2, -0.15) is 5.10 Å². The molecule has 6 nitrogen and oxygen atoms in total. The number of carbonyl (C=O) groups is 2. The zero-order chi connectivity index (χ0) is 13.8. The van der Waals surface area contributed by atoms with Crippen molar-refractivity contribution < 1.29 is 14.3 Å². The molecule has 1 aromatic rings. The van der Waals surface area contributed by atoms with Gasteiger partial charge in [-0.05, 0) is 24.8 Å². The third-order valence-corrected chi connectivity index (χ3v) is 2.91. The van der Waals surface area contributed by atoms with E-state index in [-0.39, 0.29) is 11.6 Å². The summed E-state index contributed by atoms with van der Waals surface area (Å²) < 4.78 is 4.98. The molecule has 0 saturated carbocycles. The van der Waals surface area contributed by atoms with Gasteiger partial charge in [0.05, 0.1) is 17.9 Å². The van der Waals surface area contributed by atoms with Gasteiger partial charge in [-0.3, -0.25) is 4.79 Å². The van der Waals surface area contributed by atoms with Gasteiger partial charge in [0.15, 0.2) is 5.69 Å². The molecular weight excluding hydrogens is 246 g/mol. The molecule has 1 unspecified atom stereocenters. The molecule has 0 spiro atoms. The van der Waals surface area contributed by atoms with Crippen molar-refractivity contribution in [3.05, 3.63) is 23.0 Å². The minimum atomic E-state index is -0.540. The molecule has 0 fully saturated rings. The van der Waals surface area contributed by atoms with Gasteiger partial charge >= 0.3 is 5.97 Å². The minimum Gasteiger partial charge on any atom is -0.461 e. The zero-order valence-corrected chi connectivity index (χ0v) is 11.1. The molecule has 1 aliphatic rings. The van der Waals surface area contributed by atoms with Gasteiger partial charge in [0.1, 0.15) is 0 Å². The van der Waals surface area contributed by atoms with Crippen LogP contribution in [0.3, 0.4) is 0 Å². The van der Waals surface area contributed by atoms with Gasteiger partial charge in [0.25, 0.3) is 5.91 Å². The number of aromatic nitrogens is 2. The average molecular weight is 263 g/mol. The van der Waals surface area contributed by atoms with Crippen LogP contribution in [0.2, 0.25) is 0 Å². The van der Waals surface area contributed by atoms with Crippen molar-refractivity contribution in [2.24, 2.45) is 5.92 Å². The third kappa shape index (κ3) is 3.07. The van der Waals surface area contributed by atoms with Crippen molar-refractivity contribution in [1.82, 2.24) is 15.5 Å². The molecular formula is C13H17N3O3. The number of hydrogen-bond acceptors (Lipinski definition) is 5. The maximum atomic E-state index is 11.9. The Morgan fingerprint density at radius 3 is 3.05 bits per heavy atom. The van der Waals surface area contributed by atoms with Crippen molar-refractivity contribution in [3.8, 4) is 0 Å². The molecule has 102 valence electrons. The van der Waals surface area contributed by atoms with Crippen LogP contribution < -0.4 is 5.32 Å². The number of amides is 1. The Morgan fingerprint density at radius 1 is 1.53 bits per heavy atom. The quantitative estimate of drug-likeness (QED) is 0.822. The number of esters is 1. The van der Waals surface area contributed by atoms with Gasteiger partial charge in [-0.25, -0.2) is 4.79 Å². The van der Waals surface area contributed by atoms with Crippen LogP contribution in [0, 0.1) is 5.92 Å². The second kappa shape index (κ2) is 5.77. The second-order valence-electron chi connectivity index (χ2n) is 4.75. The number of nitrogens with one attached hydrogen (secondary N) is 1. The number of fused-ring (bicyclic) bond motifs is 1. The molecule has 2 rings (SSSR count). The summed E-state index contributed by atoms with van der Waals surface area (Å²) in [6, 6.07) is 1.47. The lowest BCUT2D eigenvalue weighted by Crippen LogP contribution is -2.26. The lowest BCUT2D eigenvalue weighted by atomic mass is 10.0. The number of hydrogen-bond donors (Lipinski definition) is 1. The molecule has 1 aromatic heterocycles. The lowest BCUT2D eigenvalue weighted by Gasteiger charge is -2.06.